The lowest BCUT2D eigenvalue weighted by Crippen LogP contribution is -2.26. The number of aromatic nitrogens is 1. The van der Waals surface area contributed by atoms with E-state index in [0.29, 0.717) is 26.2 Å². The Bertz CT molecular complexity index is 1320. The van der Waals surface area contributed by atoms with E-state index in [9.17, 15) is 4.79 Å². The van der Waals surface area contributed by atoms with Gasteiger partial charge in [0.25, 0.3) is 0 Å². The fourth-order valence-corrected chi connectivity index (χ4v) is 4.86. The highest BCUT2D eigenvalue weighted by Crippen LogP contribution is 2.55. The maximum atomic E-state index is 12.6. The molecule has 0 bridgehead atoms. The predicted octanol–water partition coefficient (Wildman–Crippen LogP) is 5.55. The predicted molar refractivity (Wildman–Crippen MR) is 138 cm³/mol. The van der Waals surface area contributed by atoms with Gasteiger partial charge in [-0.2, -0.15) is 0 Å². The fraction of sp³-hybridized carbons (Fsp3) is 0.267. The summed E-state index contributed by atoms with van der Waals surface area (Å²) >= 11 is 0. The fourth-order valence-electron chi connectivity index (χ4n) is 4.86. The van der Waals surface area contributed by atoms with Gasteiger partial charge in [-0.05, 0) is 62.1 Å². The molecule has 5 nitrogen and oxygen atoms in total. The molecule has 0 aliphatic heterocycles. The third-order valence-electron chi connectivity index (χ3n) is 6.91. The molecule has 5 rings (SSSR count). The van der Waals surface area contributed by atoms with Crippen LogP contribution in [0.1, 0.15) is 24.5 Å². The lowest BCUT2D eigenvalue weighted by molar-refractivity contribution is -0.150. The van der Waals surface area contributed by atoms with Crippen LogP contribution in [0.4, 0.5) is 0 Å². The monoisotopic (exact) mass is 466 g/mol. The number of hydrogen-bond donors (Lipinski definition) is 1. The number of ether oxygens (including phenoxy) is 2. The highest BCUT2D eigenvalue weighted by atomic mass is 16.5. The van der Waals surface area contributed by atoms with Crippen molar-refractivity contribution < 1.29 is 14.3 Å². The second-order valence-electron chi connectivity index (χ2n) is 9.17. The number of nitrogens with zero attached hydrogens (tertiary/aromatic N) is 1. The van der Waals surface area contributed by atoms with E-state index in [2.05, 4.69) is 24.3 Å². The maximum Gasteiger partial charge on any atom is 0.312 e. The second kappa shape index (κ2) is 9.88. The highest BCUT2D eigenvalue weighted by molar-refractivity contribution is 5.85. The Kier molecular flexibility index (Phi) is 6.51. The zero-order valence-corrected chi connectivity index (χ0v) is 19.9. The van der Waals surface area contributed by atoms with Gasteiger partial charge >= 0.3 is 5.97 Å². The zero-order chi connectivity index (χ0) is 24.3. The average Bonchev–Trinajstić information content (AvgIpc) is 3.62. The first-order valence-corrected chi connectivity index (χ1v) is 12.2. The molecule has 178 valence electrons. The summed E-state index contributed by atoms with van der Waals surface area (Å²) in [5.74, 6) is 0.845. The van der Waals surface area contributed by atoms with Gasteiger partial charge in [0, 0.05) is 16.5 Å². The average molecular weight is 467 g/mol. The number of carbonyl (C=O) groups is 1. The van der Waals surface area contributed by atoms with Crippen molar-refractivity contribution in [3.63, 3.8) is 0 Å². The van der Waals surface area contributed by atoms with Crippen LogP contribution < -0.4 is 10.5 Å². The topological polar surface area (TPSA) is 74.4 Å². The molecule has 35 heavy (non-hydrogen) atoms. The molecule has 0 radical (unpaired) electrons. The van der Waals surface area contributed by atoms with Crippen LogP contribution in [0, 0.1) is 11.3 Å². The zero-order valence-electron chi connectivity index (χ0n) is 19.9. The third kappa shape index (κ3) is 4.77. The molecule has 0 unspecified atom stereocenters. The summed E-state index contributed by atoms with van der Waals surface area (Å²) in [6.45, 7) is 3.17. The first-order chi connectivity index (χ1) is 17.1. The van der Waals surface area contributed by atoms with Crippen molar-refractivity contribution in [2.24, 2.45) is 17.1 Å². The lowest BCUT2D eigenvalue weighted by Gasteiger charge is -2.16. The summed E-state index contributed by atoms with van der Waals surface area (Å²) in [5, 5.41) is 1.08. The second-order valence-corrected chi connectivity index (χ2v) is 9.17. The molecule has 1 fully saturated rings. The van der Waals surface area contributed by atoms with Crippen LogP contribution in [0.15, 0.2) is 84.9 Å². The smallest absolute Gasteiger partial charge is 0.312 e. The summed E-state index contributed by atoms with van der Waals surface area (Å²) in [5.41, 5.74) is 10.5. The minimum absolute atomic E-state index is 0.130. The molecule has 1 saturated carbocycles. The van der Waals surface area contributed by atoms with Crippen molar-refractivity contribution in [1.29, 1.82) is 0 Å². The van der Waals surface area contributed by atoms with E-state index in [4.69, 9.17) is 20.2 Å². The van der Waals surface area contributed by atoms with Crippen molar-refractivity contribution in [2.75, 3.05) is 13.2 Å². The molecule has 0 spiro atoms. The first kappa shape index (κ1) is 23.1. The molecule has 1 aliphatic rings. The Labute approximate surface area is 205 Å². The van der Waals surface area contributed by atoms with Crippen LogP contribution in [0.2, 0.25) is 0 Å². The molecule has 1 heterocycles. The summed E-state index contributed by atoms with van der Waals surface area (Å²) < 4.78 is 11.5. The normalized spacial score (nSPS) is 18.9. The minimum atomic E-state index is -0.475. The van der Waals surface area contributed by atoms with Crippen LogP contribution in [0.5, 0.6) is 5.75 Å². The number of para-hydroxylation sites is 1. The molecular formula is C30H30N2O3. The van der Waals surface area contributed by atoms with E-state index >= 15 is 0 Å². The van der Waals surface area contributed by atoms with Crippen LogP contribution in [0.3, 0.4) is 0 Å². The Morgan fingerprint density at radius 1 is 1.03 bits per heavy atom. The van der Waals surface area contributed by atoms with Gasteiger partial charge in [0.2, 0.25) is 0 Å². The lowest BCUT2D eigenvalue weighted by atomic mass is 9.94. The number of nitrogens with two attached hydrogens (primary N) is 1. The van der Waals surface area contributed by atoms with Crippen LogP contribution in [-0.2, 0) is 22.6 Å². The molecule has 1 aromatic heterocycles. The molecule has 3 aromatic carbocycles. The van der Waals surface area contributed by atoms with Gasteiger partial charge in [-0.1, -0.05) is 60.7 Å². The molecule has 5 heteroatoms. The molecule has 2 N–H and O–H groups in total. The first-order valence-electron chi connectivity index (χ1n) is 12.2. The number of pyridine rings is 1. The Morgan fingerprint density at radius 3 is 2.49 bits per heavy atom. The van der Waals surface area contributed by atoms with Crippen molar-refractivity contribution in [3.8, 4) is 17.0 Å². The standard InChI is InChI=1S/C30H30N2O3/c1-2-34-29(33)30(18-24(30)19-31)17-21-12-14-25(15-13-21)35-20-23-16-28(22-8-4-3-5-9-22)32-27-11-7-6-10-26(23)27/h3-16,24H,2,17-20,31H2,1H3/t24-,30+/m1/s1. The third-order valence-corrected chi connectivity index (χ3v) is 6.91. The van der Waals surface area contributed by atoms with E-state index in [-0.39, 0.29) is 11.9 Å². The van der Waals surface area contributed by atoms with Gasteiger partial charge in [-0.3, -0.25) is 4.79 Å². The minimum Gasteiger partial charge on any atom is -0.489 e. The molecule has 2 atom stereocenters. The number of hydrogen-bond acceptors (Lipinski definition) is 5. The Balaban J connectivity index is 1.32. The van der Waals surface area contributed by atoms with Crippen molar-refractivity contribution >= 4 is 16.9 Å². The van der Waals surface area contributed by atoms with E-state index in [1.165, 1.54) is 0 Å². The SMILES string of the molecule is CCOC(=O)[C@@]1(Cc2ccc(OCc3cc(-c4ccccc4)nc4ccccc34)cc2)C[C@@H]1CN. The summed E-state index contributed by atoms with van der Waals surface area (Å²) in [6.07, 6.45) is 1.43. The van der Waals surface area contributed by atoms with Crippen LogP contribution >= 0.6 is 0 Å². The Hall–Kier alpha value is -3.70. The van der Waals surface area contributed by atoms with Gasteiger partial charge in [0.1, 0.15) is 12.4 Å². The van der Waals surface area contributed by atoms with E-state index in [1.54, 1.807) is 0 Å². The van der Waals surface area contributed by atoms with Gasteiger partial charge in [0.05, 0.1) is 23.2 Å². The molecule has 0 saturated heterocycles. The molecule has 1 aliphatic carbocycles. The number of carbonyl (C=O) groups excluding carboxylic acids is 1. The number of benzene rings is 3. The number of rotatable bonds is 9. The van der Waals surface area contributed by atoms with E-state index in [0.717, 1.165) is 45.5 Å². The quantitative estimate of drug-likeness (QED) is 0.327. The molecular weight excluding hydrogens is 436 g/mol. The van der Waals surface area contributed by atoms with Gasteiger partial charge in [-0.25, -0.2) is 4.98 Å². The molecule has 0 amide bonds. The molecule has 4 aromatic rings. The highest BCUT2D eigenvalue weighted by Gasteiger charge is 2.59. The summed E-state index contributed by atoms with van der Waals surface area (Å²) in [4.78, 5) is 17.4. The van der Waals surface area contributed by atoms with Gasteiger partial charge in [-0.15, -0.1) is 0 Å². The Morgan fingerprint density at radius 2 is 1.77 bits per heavy atom. The van der Waals surface area contributed by atoms with Crippen molar-refractivity contribution in [1.82, 2.24) is 4.98 Å². The van der Waals surface area contributed by atoms with Gasteiger partial charge in [0.15, 0.2) is 0 Å². The number of fused-ring (bicyclic) bond motifs is 1. The maximum absolute atomic E-state index is 12.6. The van der Waals surface area contributed by atoms with E-state index in [1.807, 2.05) is 67.6 Å². The van der Waals surface area contributed by atoms with Crippen molar-refractivity contribution in [2.45, 2.75) is 26.4 Å². The summed E-state index contributed by atoms with van der Waals surface area (Å²) in [6, 6.07) is 28.4. The van der Waals surface area contributed by atoms with E-state index < -0.39 is 5.41 Å². The largest absolute Gasteiger partial charge is 0.489 e. The van der Waals surface area contributed by atoms with Crippen LogP contribution in [0.25, 0.3) is 22.2 Å². The summed E-state index contributed by atoms with van der Waals surface area (Å²) in [7, 11) is 0. The number of esters is 1. The van der Waals surface area contributed by atoms with Gasteiger partial charge < -0.3 is 15.2 Å². The van der Waals surface area contributed by atoms with Crippen molar-refractivity contribution in [3.05, 3.63) is 96.1 Å². The van der Waals surface area contributed by atoms with Crippen LogP contribution in [-0.4, -0.2) is 24.1 Å².